The third-order valence-electron chi connectivity index (χ3n) is 6.14. The van der Waals surface area contributed by atoms with Gasteiger partial charge >= 0.3 is 0 Å². The fourth-order valence-electron chi connectivity index (χ4n) is 4.37. The number of allylic oxidation sites excluding steroid dienone is 1. The van der Waals surface area contributed by atoms with Gasteiger partial charge in [0.2, 0.25) is 11.9 Å². The molecule has 3 aromatic rings. The highest BCUT2D eigenvalue weighted by Crippen LogP contribution is 2.27. The van der Waals surface area contributed by atoms with E-state index < -0.39 is 5.91 Å². The summed E-state index contributed by atoms with van der Waals surface area (Å²) in [5, 5.41) is 15.7. The fourth-order valence-corrected chi connectivity index (χ4v) is 4.37. The molecule has 2 heterocycles. The fraction of sp³-hybridized carbons (Fsp3) is 0.259. The molecule has 8 nitrogen and oxygen atoms in total. The predicted octanol–water partition coefficient (Wildman–Crippen LogP) is 4.55. The van der Waals surface area contributed by atoms with Gasteiger partial charge < -0.3 is 21.3 Å². The van der Waals surface area contributed by atoms with Crippen LogP contribution in [0, 0.1) is 25.2 Å². The average molecular weight is 468 g/mol. The third kappa shape index (κ3) is 5.95. The lowest BCUT2D eigenvalue weighted by molar-refractivity contribution is 0.100. The van der Waals surface area contributed by atoms with Crippen LogP contribution in [-0.4, -0.2) is 35.0 Å². The Morgan fingerprint density at radius 2 is 1.91 bits per heavy atom. The summed E-state index contributed by atoms with van der Waals surface area (Å²) in [6.45, 7) is 5.80. The van der Waals surface area contributed by atoms with Gasteiger partial charge in [-0.15, -0.1) is 0 Å². The topological polar surface area (TPSA) is 120 Å². The molecule has 1 aromatic heterocycles. The maximum absolute atomic E-state index is 11.5. The highest BCUT2D eigenvalue weighted by atomic mass is 16.1. The monoisotopic (exact) mass is 467 g/mol. The number of nitrogens with zero attached hydrogens (tertiary/aromatic N) is 4. The van der Waals surface area contributed by atoms with Gasteiger partial charge in [-0.2, -0.15) is 10.2 Å². The number of carbonyl (C=O) groups excluding carboxylic acids is 1. The molecule has 4 rings (SSSR count). The van der Waals surface area contributed by atoms with Gasteiger partial charge in [-0.25, -0.2) is 4.98 Å². The average Bonchev–Trinajstić information content (AvgIpc) is 2.86. The molecule has 1 fully saturated rings. The number of nitrogens with two attached hydrogens (primary N) is 1. The minimum absolute atomic E-state index is 0.260. The molecule has 2 aromatic carbocycles. The Bertz CT molecular complexity index is 1260. The predicted molar refractivity (Wildman–Crippen MR) is 140 cm³/mol. The van der Waals surface area contributed by atoms with E-state index >= 15 is 0 Å². The number of aromatic nitrogens is 2. The van der Waals surface area contributed by atoms with Gasteiger partial charge in [0.15, 0.2) is 0 Å². The number of nitrogens with one attached hydrogen (secondary N) is 2. The highest BCUT2D eigenvalue weighted by Gasteiger charge is 2.20. The van der Waals surface area contributed by atoms with Gasteiger partial charge in [0.05, 0.1) is 6.07 Å². The van der Waals surface area contributed by atoms with Crippen LogP contribution in [0.25, 0.3) is 6.08 Å². The van der Waals surface area contributed by atoms with Crippen molar-refractivity contribution in [3.05, 3.63) is 77.0 Å². The summed E-state index contributed by atoms with van der Waals surface area (Å²) in [5.41, 5.74) is 11.1. The molecule has 0 radical (unpaired) electrons. The third-order valence-corrected chi connectivity index (χ3v) is 6.14. The van der Waals surface area contributed by atoms with E-state index in [1.54, 1.807) is 18.3 Å². The van der Waals surface area contributed by atoms with E-state index in [9.17, 15) is 4.79 Å². The van der Waals surface area contributed by atoms with Crippen LogP contribution in [0.5, 0.6) is 0 Å². The van der Waals surface area contributed by atoms with Crippen LogP contribution in [0.4, 0.5) is 23.1 Å². The summed E-state index contributed by atoms with van der Waals surface area (Å²) >= 11 is 0. The maximum atomic E-state index is 11.5. The van der Waals surface area contributed by atoms with Crippen LogP contribution in [0.1, 0.15) is 39.9 Å². The zero-order valence-electron chi connectivity index (χ0n) is 20.0. The number of carbonyl (C=O) groups is 1. The second-order valence-electron chi connectivity index (χ2n) is 8.70. The minimum Gasteiger partial charge on any atom is -0.371 e. The van der Waals surface area contributed by atoms with Crippen LogP contribution in [0.15, 0.2) is 54.7 Å². The van der Waals surface area contributed by atoms with Gasteiger partial charge in [0, 0.05) is 48.3 Å². The molecule has 0 aliphatic carbocycles. The Hall–Kier alpha value is -4.38. The normalized spacial score (nSPS) is 14.0. The molecular formula is C27H29N7O. The van der Waals surface area contributed by atoms with Crippen LogP contribution >= 0.6 is 0 Å². The summed E-state index contributed by atoms with van der Waals surface area (Å²) in [6.07, 6.45) is 6.88. The van der Waals surface area contributed by atoms with E-state index in [1.807, 2.05) is 56.3 Å². The molecule has 8 heteroatoms. The van der Waals surface area contributed by atoms with Gasteiger partial charge in [0.25, 0.3) is 0 Å². The molecule has 1 aliphatic heterocycles. The van der Waals surface area contributed by atoms with E-state index in [4.69, 9.17) is 11.0 Å². The zero-order valence-corrected chi connectivity index (χ0v) is 20.0. The standard InChI is InChI=1S/C27H29N7O/c1-18-15-20(5-4-11-28)16-19(2)25(18)32-24-8-12-30-27(33-24)31-22-9-13-34(14-10-22)23-7-3-6-21(17-23)26(29)35/h3-8,12,15-17,22H,9-10,13-14H2,1-2H3,(H2,29,35)(H2,30,31,32,33). The van der Waals surface area contributed by atoms with Crippen LogP contribution in [0.3, 0.4) is 0 Å². The number of hydrogen-bond acceptors (Lipinski definition) is 7. The molecule has 1 saturated heterocycles. The summed E-state index contributed by atoms with van der Waals surface area (Å²) < 4.78 is 0. The molecule has 178 valence electrons. The molecule has 0 saturated carbocycles. The van der Waals surface area contributed by atoms with Crippen molar-refractivity contribution in [1.82, 2.24) is 9.97 Å². The lowest BCUT2D eigenvalue weighted by Gasteiger charge is -2.34. The van der Waals surface area contributed by atoms with Crippen LogP contribution in [0.2, 0.25) is 0 Å². The first-order valence-electron chi connectivity index (χ1n) is 11.6. The Morgan fingerprint density at radius 1 is 1.17 bits per heavy atom. The molecule has 0 spiro atoms. The largest absolute Gasteiger partial charge is 0.371 e. The first kappa shape index (κ1) is 23.8. The number of primary amides is 1. The zero-order chi connectivity index (χ0) is 24.8. The van der Waals surface area contributed by atoms with Crippen LogP contribution in [-0.2, 0) is 0 Å². The van der Waals surface area contributed by atoms with E-state index in [-0.39, 0.29) is 6.04 Å². The van der Waals surface area contributed by atoms with Gasteiger partial charge in [0.1, 0.15) is 5.82 Å². The van der Waals surface area contributed by atoms with Gasteiger partial charge in [-0.05, 0) is 85.9 Å². The number of hydrogen-bond donors (Lipinski definition) is 3. The number of rotatable bonds is 7. The number of nitriles is 1. The van der Waals surface area contributed by atoms with Crippen LogP contribution < -0.4 is 21.3 Å². The molecule has 0 bridgehead atoms. The molecular weight excluding hydrogens is 438 g/mol. The van der Waals surface area contributed by atoms with E-state index in [0.717, 1.165) is 59.8 Å². The van der Waals surface area contributed by atoms with Crippen molar-refractivity contribution in [2.45, 2.75) is 32.7 Å². The first-order valence-corrected chi connectivity index (χ1v) is 11.6. The minimum atomic E-state index is -0.411. The first-order chi connectivity index (χ1) is 16.9. The van der Waals surface area contributed by atoms with Crippen molar-refractivity contribution >= 4 is 35.1 Å². The Kier molecular flexibility index (Phi) is 7.27. The number of anilines is 4. The molecule has 0 atom stereocenters. The maximum Gasteiger partial charge on any atom is 0.248 e. The quantitative estimate of drug-likeness (QED) is 0.436. The summed E-state index contributed by atoms with van der Waals surface area (Å²) in [6, 6.07) is 15.7. The van der Waals surface area contributed by atoms with E-state index in [2.05, 4.69) is 25.5 Å². The number of amides is 1. The lowest BCUT2D eigenvalue weighted by atomic mass is 10.0. The Morgan fingerprint density at radius 3 is 2.60 bits per heavy atom. The molecule has 35 heavy (non-hydrogen) atoms. The second-order valence-corrected chi connectivity index (χ2v) is 8.70. The Balaban J connectivity index is 1.38. The highest BCUT2D eigenvalue weighted by molar-refractivity contribution is 5.93. The molecule has 4 N–H and O–H groups in total. The summed E-state index contributed by atoms with van der Waals surface area (Å²) in [5.74, 6) is 0.897. The number of aryl methyl sites for hydroxylation is 2. The van der Waals surface area contributed by atoms with E-state index in [0.29, 0.717) is 11.5 Å². The molecule has 0 unspecified atom stereocenters. The van der Waals surface area contributed by atoms with Crippen molar-refractivity contribution in [3.63, 3.8) is 0 Å². The lowest BCUT2D eigenvalue weighted by Crippen LogP contribution is -2.39. The van der Waals surface area contributed by atoms with Crippen molar-refractivity contribution in [2.24, 2.45) is 5.73 Å². The number of piperidine rings is 1. The SMILES string of the molecule is Cc1cc(C=CC#N)cc(C)c1Nc1ccnc(NC2CCN(c3cccc(C(N)=O)c3)CC2)n1. The number of benzene rings is 2. The second kappa shape index (κ2) is 10.7. The van der Waals surface area contributed by atoms with E-state index in [1.165, 1.54) is 6.08 Å². The molecule has 1 aliphatic rings. The van der Waals surface area contributed by atoms with Crippen molar-refractivity contribution in [3.8, 4) is 6.07 Å². The van der Waals surface area contributed by atoms with Gasteiger partial charge in [-0.1, -0.05) is 6.07 Å². The van der Waals surface area contributed by atoms with Crippen molar-refractivity contribution < 1.29 is 4.79 Å². The van der Waals surface area contributed by atoms with Crippen molar-refractivity contribution in [1.29, 1.82) is 5.26 Å². The molecule has 1 amide bonds. The summed E-state index contributed by atoms with van der Waals surface area (Å²) in [4.78, 5) is 22.8. The summed E-state index contributed by atoms with van der Waals surface area (Å²) in [7, 11) is 0. The van der Waals surface area contributed by atoms with Crippen molar-refractivity contribution in [2.75, 3.05) is 28.6 Å². The van der Waals surface area contributed by atoms with Gasteiger partial charge in [-0.3, -0.25) is 4.79 Å². The smallest absolute Gasteiger partial charge is 0.248 e. The Labute approximate surface area is 205 Å².